The lowest BCUT2D eigenvalue weighted by Crippen LogP contribution is -2.25. The first-order chi connectivity index (χ1) is 14.4. The van der Waals surface area contributed by atoms with Gasteiger partial charge in [0.2, 0.25) is 5.91 Å². The van der Waals surface area contributed by atoms with Crippen molar-refractivity contribution in [1.29, 1.82) is 0 Å². The molecule has 0 unspecified atom stereocenters. The maximum Gasteiger partial charge on any atom is 0.255 e. The summed E-state index contributed by atoms with van der Waals surface area (Å²) in [5.74, 6) is -0.789. The van der Waals surface area contributed by atoms with Gasteiger partial charge in [-0.1, -0.05) is 24.3 Å². The summed E-state index contributed by atoms with van der Waals surface area (Å²) in [6.07, 6.45) is 3.07. The molecule has 0 aliphatic carbocycles. The molecule has 2 aromatic carbocycles. The number of para-hydroxylation sites is 1. The van der Waals surface area contributed by atoms with Gasteiger partial charge in [-0.15, -0.1) is 0 Å². The molecular weight excluding hydrogens is 380 g/mol. The van der Waals surface area contributed by atoms with Crippen LogP contribution in [0.3, 0.4) is 0 Å². The summed E-state index contributed by atoms with van der Waals surface area (Å²) in [4.78, 5) is 40.5. The van der Waals surface area contributed by atoms with Crippen LogP contribution in [0.5, 0.6) is 0 Å². The smallest absolute Gasteiger partial charge is 0.255 e. The Balaban J connectivity index is 1.74. The number of aromatic nitrogens is 1. The van der Waals surface area contributed by atoms with E-state index in [1.807, 2.05) is 19.1 Å². The highest BCUT2D eigenvalue weighted by molar-refractivity contribution is 6.09. The Kier molecular flexibility index (Phi) is 6.54. The molecule has 0 aliphatic heterocycles. The van der Waals surface area contributed by atoms with E-state index in [0.717, 1.165) is 11.1 Å². The van der Waals surface area contributed by atoms with Gasteiger partial charge in [0, 0.05) is 37.1 Å². The van der Waals surface area contributed by atoms with E-state index in [-0.39, 0.29) is 24.3 Å². The molecule has 0 saturated carbocycles. The summed E-state index contributed by atoms with van der Waals surface area (Å²) >= 11 is 0. The van der Waals surface area contributed by atoms with Gasteiger partial charge in [0.25, 0.3) is 11.8 Å². The third-order valence-corrected chi connectivity index (χ3v) is 4.40. The van der Waals surface area contributed by atoms with Gasteiger partial charge < -0.3 is 16.0 Å². The van der Waals surface area contributed by atoms with Gasteiger partial charge in [0.05, 0.1) is 11.3 Å². The molecule has 0 aliphatic rings. The molecule has 1 aromatic heterocycles. The summed E-state index contributed by atoms with van der Waals surface area (Å²) in [7, 11) is 0. The molecule has 7 nitrogen and oxygen atoms in total. The number of carbonyl (C=O) groups is 3. The highest BCUT2D eigenvalue weighted by Crippen LogP contribution is 2.22. The fourth-order valence-electron chi connectivity index (χ4n) is 2.95. The maximum atomic E-state index is 12.8. The Labute approximate surface area is 174 Å². The highest BCUT2D eigenvalue weighted by Gasteiger charge is 2.16. The lowest BCUT2D eigenvalue weighted by molar-refractivity contribution is -0.114. The number of hydrogen-bond acceptors (Lipinski definition) is 4. The van der Waals surface area contributed by atoms with Crippen molar-refractivity contribution in [3.8, 4) is 0 Å². The summed E-state index contributed by atoms with van der Waals surface area (Å²) in [5.41, 5.74) is 3.56. The molecule has 3 N–H and O–H groups in total. The molecule has 0 bridgehead atoms. The summed E-state index contributed by atoms with van der Waals surface area (Å²) < 4.78 is 0. The number of anilines is 2. The third kappa shape index (κ3) is 5.29. The molecule has 3 amide bonds. The average molecular weight is 402 g/mol. The van der Waals surface area contributed by atoms with Gasteiger partial charge in [-0.25, -0.2) is 0 Å². The van der Waals surface area contributed by atoms with E-state index >= 15 is 0 Å². The van der Waals surface area contributed by atoms with Gasteiger partial charge in [-0.05, 0) is 48.4 Å². The Hall–Kier alpha value is -4.00. The van der Waals surface area contributed by atoms with Crippen molar-refractivity contribution in [2.75, 3.05) is 10.6 Å². The topological polar surface area (TPSA) is 100 Å². The number of nitrogens with one attached hydrogen (secondary N) is 3. The first-order valence-corrected chi connectivity index (χ1v) is 9.40. The van der Waals surface area contributed by atoms with Crippen LogP contribution < -0.4 is 16.0 Å². The average Bonchev–Trinajstić information content (AvgIpc) is 2.74. The molecule has 1 heterocycles. The van der Waals surface area contributed by atoms with Crippen molar-refractivity contribution < 1.29 is 14.4 Å². The van der Waals surface area contributed by atoms with E-state index in [2.05, 4.69) is 20.9 Å². The fraction of sp³-hybridized carbons (Fsp3) is 0.130. The third-order valence-electron chi connectivity index (χ3n) is 4.40. The molecule has 0 saturated heterocycles. The van der Waals surface area contributed by atoms with Crippen LogP contribution in [0.2, 0.25) is 0 Å². The zero-order valence-electron chi connectivity index (χ0n) is 16.7. The zero-order valence-corrected chi connectivity index (χ0v) is 16.7. The number of hydrogen-bond donors (Lipinski definition) is 3. The molecule has 3 aromatic rings. The van der Waals surface area contributed by atoms with Crippen molar-refractivity contribution in [3.05, 3.63) is 89.2 Å². The Morgan fingerprint density at radius 2 is 1.63 bits per heavy atom. The molecule has 7 heteroatoms. The Morgan fingerprint density at radius 1 is 0.900 bits per heavy atom. The van der Waals surface area contributed by atoms with Gasteiger partial charge in [-0.3, -0.25) is 19.4 Å². The van der Waals surface area contributed by atoms with Gasteiger partial charge in [-0.2, -0.15) is 0 Å². The normalized spacial score (nSPS) is 10.2. The number of aryl methyl sites for hydroxylation is 1. The molecule has 0 fully saturated rings. The molecule has 0 spiro atoms. The molecule has 0 atom stereocenters. The van der Waals surface area contributed by atoms with E-state index in [1.54, 1.807) is 42.5 Å². The van der Waals surface area contributed by atoms with Crippen LogP contribution in [0, 0.1) is 6.92 Å². The van der Waals surface area contributed by atoms with Crippen molar-refractivity contribution >= 4 is 29.1 Å². The minimum absolute atomic E-state index is 0.162. The second-order valence-electron chi connectivity index (χ2n) is 6.75. The number of nitrogens with zero attached hydrogens (tertiary/aromatic N) is 1. The van der Waals surface area contributed by atoms with E-state index in [4.69, 9.17) is 0 Å². The number of carbonyl (C=O) groups excluding carboxylic acids is 3. The van der Waals surface area contributed by atoms with Gasteiger partial charge in [0.15, 0.2) is 0 Å². The van der Waals surface area contributed by atoms with Crippen molar-refractivity contribution in [3.63, 3.8) is 0 Å². The van der Waals surface area contributed by atoms with E-state index in [9.17, 15) is 14.4 Å². The molecule has 0 radical (unpaired) electrons. The predicted molar refractivity (Wildman–Crippen MR) is 115 cm³/mol. The zero-order chi connectivity index (χ0) is 21.5. The SMILES string of the molecule is CC(=O)Nc1cccc(CNC(=O)c2cccc(C)c2NC(=O)c2ccncc2)c1. The molecular formula is C23H22N4O3. The second-order valence-corrected chi connectivity index (χ2v) is 6.75. The molecule has 3 rings (SSSR count). The molecule has 30 heavy (non-hydrogen) atoms. The summed E-state index contributed by atoms with van der Waals surface area (Å²) in [5, 5.41) is 8.41. The highest BCUT2D eigenvalue weighted by atomic mass is 16.2. The quantitative estimate of drug-likeness (QED) is 0.587. The number of amides is 3. The van der Waals surface area contributed by atoms with Gasteiger partial charge in [0.1, 0.15) is 0 Å². The molecule has 152 valence electrons. The predicted octanol–water partition coefficient (Wildman–Crippen LogP) is 3.53. The van der Waals surface area contributed by atoms with E-state index in [0.29, 0.717) is 22.5 Å². The Bertz CT molecular complexity index is 1080. The lowest BCUT2D eigenvalue weighted by Gasteiger charge is -2.14. The fourth-order valence-corrected chi connectivity index (χ4v) is 2.95. The van der Waals surface area contributed by atoms with E-state index in [1.165, 1.54) is 19.3 Å². The first kappa shape index (κ1) is 20.7. The van der Waals surface area contributed by atoms with E-state index < -0.39 is 0 Å². The first-order valence-electron chi connectivity index (χ1n) is 9.40. The van der Waals surface area contributed by atoms with Crippen LogP contribution in [0.4, 0.5) is 11.4 Å². The summed E-state index contributed by atoms with van der Waals surface area (Å²) in [6, 6.07) is 15.7. The van der Waals surface area contributed by atoms with Crippen LogP contribution in [-0.2, 0) is 11.3 Å². The van der Waals surface area contributed by atoms with Gasteiger partial charge >= 0.3 is 0 Å². The van der Waals surface area contributed by atoms with Crippen LogP contribution in [-0.4, -0.2) is 22.7 Å². The number of pyridine rings is 1. The van der Waals surface area contributed by atoms with Crippen molar-refractivity contribution in [1.82, 2.24) is 10.3 Å². The van der Waals surface area contributed by atoms with Crippen molar-refractivity contribution in [2.24, 2.45) is 0 Å². The number of rotatable bonds is 6. The maximum absolute atomic E-state index is 12.8. The summed E-state index contributed by atoms with van der Waals surface area (Å²) in [6.45, 7) is 3.54. The minimum atomic E-state index is -0.316. The van der Waals surface area contributed by atoms with Crippen LogP contribution in [0.15, 0.2) is 67.0 Å². The van der Waals surface area contributed by atoms with Crippen LogP contribution in [0.25, 0.3) is 0 Å². The minimum Gasteiger partial charge on any atom is -0.348 e. The lowest BCUT2D eigenvalue weighted by atomic mass is 10.1. The van der Waals surface area contributed by atoms with Crippen molar-refractivity contribution in [2.45, 2.75) is 20.4 Å². The standard InChI is InChI=1S/C23H22N4O3/c1-15-5-3-8-20(21(15)27-22(29)18-9-11-24-12-10-18)23(30)25-14-17-6-4-7-19(13-17)26-16(2)28/h3-13H,14H2,1-2H3,(H,25,30)(H,26,28)(H,27,29). The monoisotopic (exact) mass is 402 g/mol. The number of benzene rings is 2. The van der Waals surface area contributed by atoms with Crippen LogP contribution in [0.1, 0.15) is 38.8 Å². The largest absolute Gasteiger partial charge is 0.348 e. The Morgan fingerprint density at radius 3 is 2.37 bits per heavy atom. The van der Waals surface area contributed by atoms with Crippen LogP contribution >= 0.6 is 0 Å². The second kappa shape index (κ2) is 9.47.